The molecule has 1 aliphatic heterocycles. The first-order valence-electron chi connectivity index (χ1n) is 6.76. The molecule has 4 nitrogen and oxygen atoms in total. The molecule has 1 amide bonds. The highest BCUT2D eigenvalue weighted by Crippen LogP contribution is 2.16. The summed E-state index contributed by atoms with van der Waals surface area (Å²) >= 11 is 5.90. The molecular weight excluding hydrogens is 274 g/mol. The Hall–Kier alpha value is -1.57. The molecule has 2 rings (SSSR count). The fourth-order valence-electron chi connectivity index (χ4n) is 2.48. The van der Waals surface area contributed by atoms with E-state index in [0.717, 1.165) is 31.5 Å². The van der Waals surface area contributed by atoms with E-state index in [1.807, 2.05) is 6.92 Å². The van der Waals surface area contributed by atoms with Crippen molar-refractivity contribution < 1.29 is 4.79 Å². The van der Waals surface area contributed by atoms with Crippen LogP contribution < -0.4 is 5.32 Å². The summed E-state index contributed by atoms with van der Waals surface area (Å²) in [6.07, 6.45) is 1.78. The Labute approximate surface area is 124 Å². The first-order valence-corrected chi connectivity index (χ1v) is 7.14. The molecule has 20 heavy (non-hydrogen) atoms. The van der Waals surface area contributed by atoms with Gasteiger partial charge in [0.05, 0.1) is 12.6 Å². The van der Waals surface area contributed by atoms with Gasteiger partial charge in [-0.25, -0.2) is 0 Å². The highest BCUT2D eigenvalue weighted by Gasteiger charge is 2.21. The molecule has 106 valence electrons. The Morgan fingerprint density at radius 1 is 1.50 bits per heavy atom. The number of carbonyl (C=O) groups excluding carboxylic acids is 1. The molecule has 0 unspecified atom stereocenters. The summed E-state index contributed by atoms with van der Waals surface area (Å²) in [6, 6.07) is 7.64. The minimum atomic E-state index is -0.0436. The van der Waals surface area contributed by atoms with Crippen LogP contribution in [0.1, 0.15) is 28.8 Å². The second kappa shape index (κ2) is 6.74. The van der Waals surface area contributed by atoms with Crippen LogP contribution in [0.4, 0.5) is 0 Å². The van der Waals surface area contributed by atoms with Crippen molar-refractivity contribution in [3.05, 3.63) is 34.3 Å². The van der Waals surface area contributed by atoms with E-state index >= 15 is 0 Å². The lowest BCUT2D eigenvalue weighted by Crippen LogP contribution is -2.44. The molecule has 0 aromatic heterocycles. The van der Waals surface area contributed by atoms with E-state index in [9.17, 15) is 4.79 Å². The van der Waals surface area contributed by atoms with Crippen LogP contribution in [0.15, 0.2) is 18.2 Å². The number of aryl methyl sites for hydroxylation is 1. The van der Waals surface area contributed by atoms with Gasteiger partial charge in [-0.3, -0.25) is 9.69 Å². The van der Waals surface area contributed by atoms with Gasteiger partial charge in [-0.05, 0) is 43.5 Å². The van der Waals surface area contributed by atoms with Gasteiger partial charge >= 0.3 is 0 Å². The van der Waals surface area contributed by atoms with Gasteiger partial charge in [0.15, 0.2) is 0 Å². The van der Waals surface area contributed by atoms with Crippen LogP contribution in [0.3, 0.4) is 0 Å². The number of nitrogens with zero attached hydrogens (tertiary/aromatic N) is 2. The van der Waals surface area contributed by atoms with Gasteiger partial charge in [-0.1, -0.05) is 11.6 Å². The van der Waals surface area contributed by atoms with E-state index in [0.29, 0.717) is 17.1 Å². The largest absolute Gasteiger partial charge is 0.349 e. The lowest BCUT2D eigenvalue weighted by Gasteiger charge is -2.30. The Balaban J connectivity index is 1.91. The highest BCUT2D eigenvalue weighted by atomic mass is 35.5. The molecule has 0 radical (unpaired) electrons. The number of likely N-dealkylation sites (tertiary alicyclic amines) is 1. The predicted molar refractivity (Wildman–Crippen MR) is 78.7 cm³/mol. The monoisotopic (exact) mass is 291 g/mol. The second-order valence-corrected chi connectivity index (χ2v) is 5.58. The number of piperidine rings is 1. The van der Waals surface area contributed by atoms with Gasteiger partial charge in [-0.15, -0.1) is 0 Å². The number of nitrogens with one attached hydrogen (secondary N) is 1. The average molecular weight is 292 g/mol. The summed E-state index contributed by atoms with van der Waals surface area (Å²) in [5.41, 5.74) is 1.56. The molecule has 1 N–H and O–H groups in total. The molecular formula is C15H18ClN3O. The van der Waals surface area contributed by atoms with Crippen LogP contribution in [-0.4, -0.2) is 36.5 Å². The standard InChI is InChI=1S/C15H18ClN3O/c1-11-10-12(16)2-3-14(11)15(20)18-13-4-7-19(8-5-13)9-6-17/h2-3,10,13H,4-5,7-9H2,1H3,(H,18,20). The topological polar surface area (TPSA) is 56.1 Å². The number of benzene rings is 1. The third-order valence-corrected chi connectivity index (χ3v) is 3.89. The third-order valence-electron chi connectivity index (χ3n) is 3.65. The Morgan fingerprint density at radius 2 is 2.20 bits per heavy atom. The van der Waals surface area contributed by atoms with E-state index in [2.05, 4.69) is 16.3 Å². The summed E-state index contributed by atoms with van der Waals surface area (Å²) < 4.78 is 0. The summed E-state index contributed by atoms with van der Waals surface area (Å²) in [5.74, 6) is -0.0436. The summed E-state index contributed by atoms with van der Waals surface area (Å²) in [7, 11) is 0. The fourth-order valence-corrected chi connectivity index (χ4v) is 2.71. The van der Waals surface area contributed by atoms with Crippen molar-refractivity contribution in [1.82, 2.24) is 10.2 Å². The normalized spacial score (nSPS) is 16.6. The molecule has 0 atom stereocenters. The number of nitriles is 1. The minimum Gasteiger partial charge on any atom is -0.349 e. The van der Waals surface area contributed by atoms with Gasteiger partial charge in [0.1, 0.15) is 0 Å². The molecule has 0 spiro atoms. The number of hydrogen-bond donors (Lipinski definition) is 1. The van der Waals surface area contributed by atoms with Crippen LogP contribution in [0, 0.1) is 18.3 Å². The lowest BCUT2D eigenvalue weighted by molar-refractivity contribution is 0.0914. The predicted octanol–water partition coefficient (Wildman–Crippen LogP) is 2.37. The zero-order valence-corrected chi connectivity index (χ0v) is 12.3. The van der Waals surface area contributed by atoms with Crippen LogP contribution >= 0.6 is 11.6 Å². The van der Waals surface area contributed by atoms with E-state index in [1.54, 1.807) is 18.2 Å². The maximum Gasteiger partial charge on any atom is 0.251 e. The fraction of sp³-hybridized carbons (Fsp3) is 0.467. The van der Waals surface area contributed by atoms with Gasteiger partial charge in [0, 0.05) is 29.7 Å². The van der Waals surface area contributed by atoms with E-state index in [4.69, 9.17) is 16.9 Å². The van der Waals surface area contributed by atoms with Crippen molar-refractivity contribution in [3.63, 3.8) is 0 Å². The van der Waals surface area contributed by atoms with Crippen molar-refractivity contribution in [2.45, 2.75) is 25.8 Å². The first-order chi connectivity index (χ1) is 9.60. The molecule has 1 heterocycles. The number of halogens is 1. The van der Waals surface area contributed by atoms with E-state index in [1.165, 1.54) is 0 Å². The first kappa shape index (κ1) is 14.8. The van der Waals surface area contributed by atoms with E-state index < -0.39 is 0 Å². The molecule has 1 aromatic rings. The van der Waals surface area contributed by atoms with Crippen molar-refractivity contribution in [1.29, 1.82) is 5.26 Å². The smallest absolute Gasteiger partial charge is 0.251 e. The van der Waals surface area contributed by atoms with Gasteiger partial charge in [0.25, 0.3) is 5.91 Å². The maximum atomic E-state index is 12.2. The Morgan fingerprint density at radius 3 is 2.80 bits per heavy atom. The average Bonchev–Trinajstić information content (AvgIpc) is 2.41. The van der Waals surface area contributed by atoms with Gasteiger partial charge in [0.2, 0.25) is 0 Å². The Kier molecular flexibility index (Phi) is 4.99. The minimum absolute atomic E-state index is 0.0436. The molecule has 0 bridgehead atoms. The van der Waals surface area contributed by atoms with Crippen LogP contribution in [-0.2, 0) is 0 Å². The number of amides is 1. The molecule has 1 aromatic carbocycles. The molecule has 5 heteroatoms. The lowest BCUT2D eigenvalue weighted by atomic mass is 10.0. The van der Waals surface area contributed by atoms with E-state index in [-0.39, 0.29) is 11.9 Å². The number of hydrogen-bond acceptors (Lipinski definition) is 3. The molecule has 0 aliphatic carbocycles. The molecule has 1 aliphatic rings. The zero-order chi connectivity index (χ0) is 14.5. The highest BCUT2D eigenvalue weighted by molar-refractivity contribution is 6.30. The van der Waals surface area contributed by atoms with Gasteiger partial charge < -0.3 is 5.32 Å². The van der Waals surface area contributed by atoms with Crippen molar-refractivity contribution in [2.75, 3.05) is 19.6 Å². The van der Waals surface area contributed by atoms with Crippen LogP contribution in [0.5, 0.6) is 0 Å². The summed E-state index contributed by atoms with van der Waals surface area (Å²) in [6.45, 7) is 4.07. The number of carbonyl (C=O) groups is 1. The van der Waals surface area contributed by atoms with Crippen molar-refractivity contribution in [3.8, 4) is 6.07 Å². The van der Waals surface area contributed by atoms with Crippen molar-refractivity contribution in [2.24, 2.45) is 0 Å². The molecule has 1 fully saturated rings. The number of rotatable bonds is 3. The molecule has 0 saturated carbocycles. The quantitative estimate of drug-likeness (QED) is 0.870. The maximum absolute atomic E-state index is 12.2. The third kappa shape index (κ3) is 3.72. The summed E-state index contributed by atoms with van der Waals surface area (Å²) in [5, 5.41) is 12.4. The van der Waals surface area contributed by atoms with Crippen LogP contribution in [0.2, 0.25) is 5.02 Å². The van der Waals surface area contributed by atoms with Gasteiger partial charge in [-0.2, -0.15) is 5.26 Å². The SMILES string of the molecule is Cc1cc(Cl)ccc1C(=O)NC1CCN(CC#N)CC1. The molecule has 1 saturated heterocycles. The van der Waals surface area contributed by atoms with Crippen molar-refractivity contribution >= 4 is 17.5 Å². The van der Waals surface area contributed by atoms with Crippen LogP contribution in [0.25, 0.3) is 0 Å². The second-order valence-electron chi connectivity index (χ2n) is 5.14. The summed E-state index contributed by atoms with van der Waals surface area (Å²) in [4.78, 5) is 14.3. The zero-order valence-electron chi connectivity index (χ0n) is 11.5. The Bertz CT molecular complexity index is 530.